The normalized spacial score (nSPS) is 19.7. The number of benzene rings is 1. The highest BCUT2D eigenvalue weighted by Crippen LogP contribution is 2.13. The van der Waals surface area contributed by atoms with E-state index >= 15 is 0 Å². The molecule has 0 amide bonds. The lowest BCUT2D eigenvalue weighted by molar-refractivity contribution is -0.0212. The zero-order chi connectivity index (χ0) is 18.3. The third-order valence-corrected chi connectivity index (χ3v) is 3.98. The predicted molar refractivity (Wildman–Crippen MR) is 105 cm³/mol. The van der Waals surface area contributed by atoms with Gasteiger partial charge in [-0.05, 0) is 45.7 Å². The Labute approximate surface area is 152 Å². The minimum atomic E-state index is -0.00409. The summed E-state index contributed by atoms with van der Waals surface area (Å²) in [6.45, 7) is 16.0. The highest BCUT2D eigenvalue weighted by atomic mass is 16.5. The standard InChI is InChI=1S/C20H34N4O/c1-6-21-19(23-20(3,4)5)22-13-17-8-7-9-18(12-17)15-24-10-11-25-16(2)14-24/h7-9,12,16H,6,10-11,13-15H2,1-5H3,(H2,21,22,23). The minimum Gasteiger partial charge on any atom is -0.376 e. The Morgan fingerprint density at radius 2 is 2.08 bits per heavy atom. The van der Waals surface area contributed by atoms with Gasteiger partial charge in [0.2, 0.25) is 0 Å². The quantitative estimate of drug-likeness (QED) is 0.636. The van der Waals surface area contributed by atoms with Gasteiger partial charge in [0, 0.05) is 31.7 Å². The predicted octanol–water partition coefficient (Wildman–Crippen LogP) is 2.76. The lowest BCUT2D eigenvalue weighted by Crippen LogP contribution is -2.47. The van der Waals surface area contributed by atoms with Gasteiger partial charge in [0.15, 0.2) is 5.96 Å². The largest absolute Gasteiger partial charge is 0.376 e. The van der Waals surface area contributed by atoms with Gasteiger partial charge in [-0.2, -0.15) is 0 Å². The molecule has 2 rings (SSSR count). The second-order valence-corrected chi connectivity index (χ2v) is 7.81. The van der Waals surface area contributed by atoms with Crippen LogP contribution >= 0.6 is 0 Å². The van der Waals surface area contributed by atoms with Crippen LogP contribution in [0, 0.1) is 0 Å². The van der Waals surface area contributed by atoms with Crippen molar-refractivity contribution in [2.24, 2.45) is 4.99 Å². The van der Waals surface area contributed by atoms with E-state index in [2.05, 4.69) is 74.4 Å². The Bertz CT molecular complexity index is 565. The molecular formula is C20H34N4O. The number of nitrogens with one attached hydrogen (secondary N) is 2. The Morgan fingerprint density at radius 1 is 1.32 bits per heavy atom. The van der Waals surface area contributed by atoms with Gasteiger partial charge in [-0.1, -0.05) is 24.3 Å². The van der Waals surface area contributed by atoms with Crippen molar-refractivity contribution in [2.75, 3.05) is 26.2 Å². The average Bonchev–Trinajstić information content (AvgIpc) is 2.52. The molecule has 0 spiro atoms. The van der Waals surface area contributed by atoms with Crippen molar-refractivity contribution in [1.29, 1.82) is 0 Å². The van der Waals surface area contributed by atoms with Crippen LogP contribution in [0.5, 0.6) is 0 Å². The molecule has 140 valence electrons. The molecule has 0 saturated carbocycles. The number of rotatable bonds is 5. The van der Waals surface area contributed by atoms with E-state index in [1.807, 2.05) is 0 Å². The van der Waals surface area contributed by atoms with Crippen LogP contribution in [-0.4, -0.2) is 48.7 Å². The van der Waals surface area contributed by atoms with E-state index in [9.17, 15) is 0 Å². The first-order chi connectivity index (χ1) is 11.9. The first-order valence-corrected chi connectivity index (χ1v) is 9.34. The van der Waals surface area contributed by atoms with Crippen LogP contribution in [0.2, 0.25) is 0 Å². The van der Waals surface area contributed by atoms with E-state index in [4.69, 9.17) is 9.73 Å². The van der Waals surface area contributed by atoms with Gasteiger partial charge in [-0.25, -0.2) is 4.99 Å². The average molecular weight is 347 g/mol. The number of ether oxygens (including phenoxy) is 1. The number of hydrogen-bond acceptors (Lipinski definition) is 3. The van der Waals surface area contributed by atoms with Crippen molar-refractivity contribution in [2.45, 2.75) is 59.4 Å². The van der Waals surface area contributed by atoms with E-state index in [1.54, 1.807) is 0 Å². The van der Waals surface area contributed by atoms with E-state index < -0.39 is 0 Å². The molecule has 0 aliphatic carbocycles. The van der Waals surface area contributed by atoms with Gasteiger partial charge < -0.3 is 15.4 Å². The van der Waals surface area contributed by atoms with Gasteiger partial charge in [-0.3, -0.25) is 4.90 Å². The van der Waals surface area contributed by atoms with Crippen molar-refractivity contribution >= 4 is 5.96 Å². The second kappa shape index (κ2) is 9.20. The summed E-state index contributed by atoms with van der Waals surface area (Å²) in [6.07, 6.45) is 0.327. The molecule has 5 nitrogen and oxygen atoms in total. The molecule has 25 heavy (non-hydrogen) atoms. The highest BCUT2D eigenvalue weighted by Gasteiger charge is 2.16. The SMILES string of the molecule is CCNC(=NCc1cccc(CN2CCOC(C)C2)c1)NC(C)(C)C. The van der Waals surface area contributed by atoms with Gasteiger partial charge in [0.05, 0.1) is 19.3 Å². The number of nitrogens with zero attached hydrogens (tertiary/aromatic N) is 2. The Balaban J connectivity index is 1.98. The van der Waals surface area contributed by atoms with E-state index in [-0.39, 0.29) is 5.54 Å². The van der Waals surface area contributed by atoms with Crippen LogP contribution in [0.4, 0.5) is 0 Å². The van der Waals surface area contributed by atoms with Gasteiger partial charge in [-0.15, -0.1) is 0 Å². The van der Waals surface area contributed by atoms with Gasteiger partial charge >= 0.3 is 0 Å². The van der Waals surface area contributed by atoms with E-state index in [0.29, 0.717) is 12.6 Å². The summed E-state index contributed by atoms with van der Waals surface area (Å²) in [5.74, 6) is 0.863. The Morgan fingerprint density at radius 3 is 2.76 bits per heavy atom. The molecule has 1 aliphatic rings. The van der Waals surface area contributed by atoms with Gasteiger partial charge in [0.1, 0.15) is 0 Å². The fraction of sp³-hybridized carbons (Fsp3) is 0.650. The fourth-order valence-corrected chi connectivity index (χ4v) is 2.95. The lowest BCUT2D eigenvalue weighted by Gasteiger charge is -2.31. The Kier molecular flexibility index (Phi) is 7.26. The first-order valence-electron chi connectivity index (χ1n) is 9.34. The topological polar surface area (TPSA) is 48.9 Å². The molecule has 1 aromatic carbocycles. The van der Waals surface area contributed by atoms with Crippen molar-refractivity contribution in [3.63, 3.8) is 0 Å². The maximum atomic E-state index is 5.62. The molecular weight excluding hydrogens is 312 g/mol. The van der Waals surface area contributed by atoms with Crippen LogP contribution in [-0.2, 0) is 17.8 Å². The molecule has 1 saturated heterocycles. The molecule has 0 radical (unpaired) electrons. The molecule has 1 aromatic rings. The second-order valence-electron chi connectivity index (χ2n) is 7.81. The fourth-order valence-electron chi connectivity index (χ4n) is 2.95. The number of guanidine groups is 1. The molecule has 0 bridgehead atoms. The highest BCUT2D eigenvalue weighted by molar-refractivity contribution is 5.80. The van der Waals surface area contributed by atoms with Crippen LogP contribution < -0.4 is 10.6 Å². The Hall–Kier alpha value is -1.59. The molecule has 1 aliphatic heterocycles. The summed E-state index contributed by atoms with van der Waals surface area (Å²) >= 11 is 0. The number of morpholine rings is 1. The van der Waals surface area contributed by atoms with Gasteiger partial charge in [0.25, 0.3) is 0 Å². The summed E-state index contributed by atoms with van der Waals surface area (Å²) in [5.41, 5.74) is 2.58. The molecule has 1 unspecified atom stereocenters. The summed E-state index contributed by atoms with van der Waals surface area (Å²) in [7, 11) is 0. The molecule has 5 heteroatoms. The zero-order valence-corrected chi connectivity index (χ0v) is 16.4. The summed E-state index contributed by atoms with van der Waals surface area (Å²) in [4.78, 5) is 7.19. The van der Waals surface area contributed by atoms with Crippen LogP contribution in [0.15, 0.2) is 29.3 Å². The van der Waals surface area contributed by atoms with Crippen LogP contribution in [0.1, 0.15) is 45.7 Å². The number of aliphatic imine (C=N–C) groups is 1. The zero-order valence-electron chi connectivity index (χ0n) is 16.4. The van der Waals surface area contributed by atoms with Crippen molar-refractivity contribution in [3.05, 3.63) is 35.4 Å². The molecule has 1 atom stereocenters. The third kappa shape index (κ3) is 7.45. The molecule has 1 fully saturated rings. The maximum absolute atomic E-state index is 5.62. The van der Waals surface area contributed by atoms with Crippen molar-refractivity contribution in [3.8, 4) is 0 Å². The smallest absolute Gasteiger partial charge is 0.191 e. The van der Waals surface area contributed by atoms with E-state index in [1.165, 1.54) is 11.1 Å². The van der Waals surface area contributed by atoms with Crippen molar-refractivity contribution < 1.29 is 4.74 Å². The first kappa shape index (κ1) is 19.7. The maximum Gasteiger partial charge on any atom is 0.191 e. The number of hydrogen-bond donors (Lipinski definition) is 2. The molecule has 0 aromatic heterocycles. The minimum absolute atomic E-state index is 0.00409. The summed E-state index contributed by atoms with van der Waals surface area (Å²) < 4.78 is 5.62. The lowest BCUT2D eigenvalue weighted by atomic mass is 10.1. The third-order valence-electron chi connectivity index (χ3n) is 3.98. The summed E-state index contributed by atoms with van der Waals surface area (Å²) in [6, 6.07) is 8.75. The summed E-state index contributed by atoms with van der Waals surface area (Å²) in [5, 5.41) is 6.74. The van der Waals surface area contributed by atoms with Crippen molar-refractivity contribution in [1.82, 2.24) is 15.5 Å². The molecule has 2 N–H and O–H groups in total. The molecule has 1 heterocycles. The van der Waals surface area contributed by atoms with Crippen LogP contribution in [0.25, 0.3) is 0 Å². The van der Waals surface area contributed by atoms with Crippen LogP contribution in [0.3, 0.4) is 0 Å². The monoisotopic (exact) mass is 346 g/mol. The van der Waals surface area contributed by atoms with E-state index in [0.717, 1.165) is 38.7 Å².